The summed E-state index contributed by atoms with van der Waals surface area (Å²) < 4.78 is 9.49. The van der Waals surface area contributed by atoms with Crippen LogP contribution in [0.3, 0.4) is 0 Å². The molecule has 0 spiro atoms. The number of amides is 2. The highest BCUT2D eigenvalue weighted by molar-refractivity contribution is 7.18. The Labute approximate surface area is 170 Å². The van der Waals surface area contributed by atoms with Gasteiger partial charge in [-0.15, -0.1) is 11.3 Å². The third-order valence-electron chi connectivity index (χ3n) is 3.85. The first kappa shape index (κ1) is 22.1. The first-order chi connectivity index (χ1) is 13.7. The Balaban J connectivity index is 2.26. The maximum absolute atomic E-state index is 12.7. The van der Waals surface area contributed by atoms with Crippen LogP contribution in [-0.2, 0) is 19.1 Å². The van der Waals surface area contributed by atoms with Crippen molar-refractivity contribution in [1.29, 1.82) is 0 Å². The summed E-state index contributed by atoms with van der Waals surface area (Å²) in [4.78, 5) is 47.6. The molecular formula is C19H20N2O7S. The van der Waals surface area contributed by atoms with Gasteiger partial charge in [-0.1, -0.05) is 18.2 Å². The van der Waals surface area contributed by atoms with Gasteiger partial charge in [0.1, 0.15) is 18.2 Å². The Morgan fingerprint density at radius 1 is 1.07 bits per heavy atom. The quantitative estimate of drug-likeness (QED) is 0.559. The average Bonchev–Trinajstić information content (AvgIpc) is 2.98. The van der Waals surface area contributed by atoms with E-state index in [1.807, 2.05) is 19.1 Å². The minimum atomic E-state index is -1.21. The number of aryl methyl sites for hydroxylation is 1. The van der Waals surface area contributed by atoms with Gasteiger partial charge in [-0.3, -0.25) is 9.59 Å². The van der Waals surface area contributed by atoms with Gasteiger partial charge < -0.3 is 25.2 Å². The number of para-hydroxylation sites is 1. The van der Waals surface area contributed by atoms with E-state index in [0.717, 1.165) is 16.9 Å². The molecule has 1 aromatic heterocycles. The van der Waals surface area contributed by atoms with Gasteiger partial charge in [0.15, 0.2) is 0 Å². The van der Waals surface area contributed by atoms with E-state index >= 15 is 0 Å². The fourth-order valence-corrected chi connectivity index (χ4v) is 3.56. The summed E-state index contributed by atoms with van der Waals surface area (Å²) in [5.74, 6) is -3.02. The van der Waals surface area contributed by atoms with Crippen molar-refractivity contribution in [3.05, 3.63) is 45.8 Å². The lowest BCUT2D eigenvalue weighted by Crippen LogP contribution is -2.21. The second kappa shape index (κ2) is 9.80. The van der Waals surface area contributed by atoms with Crippen LogP contribution >= 0.6 is 11.3 Å². The largest absolute Gasteiger partial charge is 0.480 e. The van der Waals surface area contributed by atoms with Gasteiger partial charge in [0.25, 0.3) is 11.8 Å². The molecule has 0 radical (unpaired) electrons. The third-order valence-corrected chi connectivity index (χ3v) is 5.05. The summed E-state index contributed by atoms with van der Waals surface area (Å²) in [7, 11) is 1.19. The third kappa shape index (κ3) is 5.62. The summed E-state index contributed by atoms with van der Waals surface area (Å²) in [6, 6.07) is 7.22. The van der Waals surface area contributed by atoms with E-state index < -0.39 is 37.0 Å². The maximum atomic E-state index is 12.7. The Bertz CT molecular complexity index is 952. The molecule has 2 rings (SSSR count). The van der Waals surface area contributed by atoms with Gasteiger partial charge in [0, 0.05) is 5.69 Å². The molecule has 0 aliphatic rings. The number of esters is 1. The molecule has 29 heavy (non-hydrogen) atoms. The number of carbonyl (C=O) groups is 4. The van der Waals surface area contributed by atoms with E-state index in [1.54, 1.807) is 19.1 Å². The van der Waals surface area contributed by atoms with Gasteiger partial charge in [0.2, 0.25) is 0 Å². The molecule has 154 valence electrons. The number of hydrogen-bond donors (Lipinski definition) is 3. The number of carboxylic acids is 1. The second-order valence-corrected chi connectivity index (χ2v) is 6.98. The van der Waals surface area contributed by atoms with Gasteiger partial charge in [-0.25, -0.2) is 9.59 Å². The number of methoxy groups -OCH3 is 1. The van der Waals surface area contributed by atoms with Crippen LogP contribution in [0.1, 0.15) is 31.2 Å². The van der Waals surface area contributed by atoms with Crippen molar-refractivity contribution in [2.45, 2.75) is 13.8 Å². The Morgan fingerprint density at radius 2 is 1.76 bits per heavy atom. The highest BCUT2D eigenvalue weighted by Gasteiger charge is 2.26. The van der Waals surface area contributed by atoms with Crippen molar-refractivity contribution in [1.82, 2.24) is 0 Å². The van der Waals surface area contributed by atoms with Gasteiger partial charge in [0.05, 0.1) is 17.6 Å². The molecular weight excluding hydrogens is 400 g/mol. The van der Waals surface area contributed by atoms with Crippen LogP contribution in [0.5, 0.6) is 0 Å². The summed E-state index contributed by atoms with van der Waals surface area (Å²) in [6.45, 7) is 2.27. The van der Waals surface area contributed by atoms with Crippen LogP contribution in [0.4, 0.5) is 10.7 Å². The Morgan fingerprint density at radius 3 is 2.38 bits per heavy atom. The van der Waals surface area contributed by atoms with E-state index in [4.69, 9.17) is 14.6 Å². The summed E-state index contributed by atoms with van der Waals surface area (Å²) >= 11 is 0.914. The molecule has 9 nitrogen and oxygen atoms in total. The number of aliphatic carboxylic acids is 1. The first-order valence-electron chi connectivity index (χ1n) is 8.42. The van der Waals surface area contributed by atoms with Crippen LogP contribution < -0.4 is 10.6 Å². The van der Waals surface area contributed by atoms with Crippen molar-refractivity contribution in [2.24, 2.45) is 0 Å². The zero-order valence-electron chi connectivity index (χ0n) is 16.0. The minimum absolute atomic E-state index is 0.0546. The van der Waals surface area contributed by atoms with E-state index in [-0.39, 0.29) is 15.4 Å². The number of benzene rings is 1. The fourth-order valence-electron chi connectivity index (χ4n) is 2.45. The zero-order chi connectivity index (χ0) is 21.6. The highest BCUT2D eigenvalue weighted by atomic mass is 32.1. The lowest BCUT2D eigenvalue weighted by atomic mass is 10.1. The van der Waals surface area contributed by atoms with Gasteiger partial charge >= 0.3 is 11.9 Å². The molecule has 2 aromatic rings. The molecule has 0 atom stereocenters. The van der Waals surface area contributed by atoms with E-state index in [2.05, 4.69) is 10.6 Å². The summed E-state index contributed by atoms with van der Waals surface area (Å²) in [5, 5.41) is 13.9. The number of hydrogen-bond acceptors (Lipinski definition) is 7. The number of anilines is 2. The lowest BCUT2D eigenvalue weighted by molar-refractivity contribution is -0.143. The van der Waals surface area contributed by atoms with Crippen LogP contribution in [-0.4, -0.2) is 49.2 Å². The predicted molar refractivity (Wildman–Crippen MR) is 107 cm³/mol. The SMILES string of the molecule is COC(=O)c1c(NC(=O)COCC(=O)O)sc(C(=O)Nc2ccccc2C)c1C. The Hall–Kier alpha value is -3.24. The van der Waals surface area contributed by atoms with E-state index in [1.165, 1.54) is 7.11 Å². The average molecular weight is 420 g/mol. The second-order valence-electron chi connectivity index (χ2n) is 5.96. The molecule has 1 heterocycles. The normalized spacial score (nSPS) is 10.3. The summed E-state index contributed by atoms with van der Waals surface area (Å²) in [6.07, 6.45) is 0. The van der Waals surface area contributed by atoms with Crippen molar-refractivity contribution in [3.63, 3.8) is 0 Å². The van der Waals surface area contributed by atoms with Crippen molar-refractivity contribution < 1.29 is 33.8 Å². The number of carboxylic acid groups (broad SMARTS) is 1. The van der Waals surface area contributed by atoms with Crippen LogP contribution in [0.25, 0.3) is 0 Å². The van der Waals surface area contributed by atoms with Crippen LogP contribution in [0.15, 0.2) is 24.3 Å². The molecule has 0 fully saturated rings. The number of ether oxygens (including phenoxy) is 2. The maximum Gasteiger partial charge on any atom is 0.341 e. The smallest absolute Gasteiger partial charge is 0.341 e. The molecule has 10 heteroatoms. The number of rotatable bonds is 8. The summed E-state index contributed by atoms with van der Waals surface area (Å²) in [5.41, 5.74) is 1.90. The monoisotopic (exact) mass is 420 g/mol. The van der Waals surface area contributed by atoms with Gasteiger partial charge in [-0.2, -0.15) is 0 Å². The van der Waals surface area contributed by atoms with Crippen molar-refractivity contribution in [3.8, 4) is 0 Å². The molecule has 0 saturated carbocycles. The lowest BCUT2D eigenvalue weighted by Gasteiger charge is -2.07. The molecule has 1 aromatic carbocycles. The molecule has 0 unspecified atom stereocenters. The number of carbonyl (C=O) groups excluding carboxylic acids is 3. The van der Waals surface area contributed by atoms with E-state index in [0.29, 0.717) is 11.3 Å². The van der Waals surface area contributed by atoms with Gasteiger partial charge in [-0.05, 0) is 31.0 Å². The Kier molecular flexibility index (Phi) is 7.46. The standard InChI is InChI=1S/C19H20N2O7S/c1-10-6-4-5-7-12(10)20-17(25)16-11(2)15(19(26)27-3)18(29-16)21-13(22)8-28-9-14(23)24/h4-7H,8-9H2,1-3H3,(H,20,25)(H,21,22)(H,23,24). The topological polar surface area (TPSA) is 131 Å². The van der Waals surface area contributed by atoms with Crippen molar-refractivity contribution in [2.75, 3.05) is 31.0 Å². The first-order valence-corrected chi connectivity index (χ1v) is 9.24. The van der Waals surface area contributed by atoms with E-state index in [9.17, 15) is 19.2 Å². The number of nitrogens with one attached hydrogen (secondary N) is 2. The molecule has 3 N–H and O–H groups in total. The molecule has 0 saturated heterocycles. The van der Waals surface area contributed by atoms with Crippen LogP contribution in [0.2, 0.25) is 0 Å². The zero-order valence-corrected chi connectivity index (χ0v) is 16.8. The molecule has 0 aliphatic heterocycles. The predicted octanol–water partition coefficient (Wildman–Crippen LogP) is 2.44. The minimum Gasteiger partial charge on any atom is -0.480 e. The molecule has 0 bridgehead atoms. The van der Waals surface area contributed by atoms with Crippen molar-refractivity contribution >= 4 is 45.8 Å². The number of thiophene rings is 1. The van der Waals surface area contributed by atoms with Crippen LogP contribution in [0, 0.1) is 13.8 Å². The molecule has 2 amide bonds. The fraction of sp³-hybridized carbons (Fsp3) is 0.263. The molecule has 0 aliphatic carbocycles. The highest BCUT2D eigenvalue weighted by Crippen LogP contribution is 2.34.